The Hall–Kier alpha value is -0.990. The van der Waals surface area contributed by atoms with Crippen LogP contribution < -0.4 is 10.6 Å². The van der Waals surface area contributed by atoms with Crippen molar-refractivity contribution in [2.75, 3.05) is 20.1 Å². The van der Waals surface area contributed by atoms with Crippen LogP contribution in [0.1, 0.15) is 42.5 Å². The van der Waals surface area contributed by atoms with Gasteiger partial charge < -0.3 is 10.6 Å². The fourth-order valence-corrected chi connectivity index (χ4v) is 4.12. The third kappa shape index (κ3) is 3.50. The molecule has 0 radical (unpaired) electrons. The maximum atomic E-state index is 12.5. The lowest BCUT2D eigenvalue weighted by Gasteiger charge is -2.38. The van der Waals surface area contributed by atoms with Crippen molar-refractivity contribution in [3.63, 3.8) is 0 Å². The first-order valence-corrected chi connectivity index (χ1v) is 9.64. The maximum Gasteiger partial charge on any atom is 0.241 e. The Labute approximate surface area is 156 Å². The molecule has 3 rings (SSSR count). The lowest BCUT2D eigenvalue weighted by atomic mass is 9.87. The molecule has 1 amide bonds. The van der Waals surface area contributed by atoms with Gasteiger partial charge in [0.15, 0.2) is 5.78 Å². The van der Waals surface area contributed by atoms with Crippen LogP contribution in [-0.2, 0) is 4.79 Å². The number of halogens is 1. The predicted molar refractivity (Wildman–Crippen MR) is 102 cm³/mol. The van der Waals surface area contributed by atoms with E-state index in [0.29, 0.717) is 6.42 Å². The van der Waals surface area contributed by atoms with Crippen LogP contribution in [0.15, 0.2) is 24.3 Å². The van der Waals surface area contributed by atoms with E-state index >= 15 is 0 Å². The number of hydrogen-bond acceptors (Lipinski definition) is 4. The summed E-state index contributed by atoms with van der Waals surface area (Å²) in [5.74, 6) is 0.329. The van der Waals surface area contributed by atoms with Crippen LogP contribution in [0.3, 0.4) is 0 Å². The molecule has 24 heavy (non-hydrogen) atoms. The molecule has 1 aromatic rings. The second-order valence-electron chi connectivity index (χ2n) is 6.70. The molecule has 2 saturated heterocycles. The molecule has 1 spiro atoms. The highest BCUT2D eigenvalue weighted by Gasteiger charge is 2.51. The van der Waals surface area contributed by atoms with Gasteiger partial charge in [-0.15, -0.1) is 0 Å². The number of nitrogens with zero attached hydrogens (tertiary/aromatic N) is 1. The van der Waals surface area contributed by atoms with Crippen LogP contribution in [0.5, 0.6) is 0 Å². The van der Waals surface area contributed by atoms with Gasteiger partial charge in [-0.25, -0.2) is 0 Å². The Morgan fingerprint density at radius 2 is 1.96 bits per heavy atom. The second-order valence-corrected chi connectivity index (χ2v) is 7.95. The molecule has 2 fully saturated rings. The van der Waals surface area contributed by atoms with E-state index in [-0.39, 0.29) is 23.4 Å². The molecular formula is C18H24IN3O2. The van der Waals surface area contributed by atoms with Crippen molar-refractivity contribution in [2.45, 2.75) is 43.8 Å². The number of hydrogen-bond donors (Lipinski definition) is 2. The van der Waals surface area contributed by atoms with Crippen molar-refractivity contribution >= 4 is 34.3 Å². The van der Waals surface area contributed by atoms with Crippen molar-refractivity contribution in [2.24, 2.45) is 0 Å². The molecule has 2 aliphatic rings. The van der Waals surface area contributed by atoms with Gasteiger partial charge in [0.1, 0.15) is 5.54 Å². The summed E-state index contributed by atoms with van der Waals surface area (Å²) >= 11 is 2.23. The topological polar surface area (TPSA) is 61.4 Å². The first kappa shape index (κ1) is 17.8. The largest absolute Gasteiger partial charge is 0.339 e. The molecule has 2 N–H and O–H groups in total. The number of Topliss-reactive ketones (excluding diaryl/α,β-unsaturated/α-hetero) is 1. The highest BCUT2D eigenvalue weighted by Crippen LogP contribution is 2.32. The second kappa shape index (κ2) is 7.49. The van der Waals surface area contributed by atoms with Gasteiger partial charge in [-0.05, 0) is 80.5 Å². The summed E-state index contributed by atoms with van der Waals surface area (Å²) in [5.41, 5.74) is 0.421. The smallest absolute Gasteiger partial charge is 0.241 e. The normalized spacial score (nSPS) is 23.4. The molecule has 0 aliphatic carbocycles. The zero-order valence-corrected chi connectivity index (χ0v) is 16.1. The monoisotopic (exact) mass is 441 g/mol. The molecule has 2 aliphatic heterocycles. The highest BCUT2D eigenvalue weighted by atomic mass is 127. The molecule has 130 valence electrons. The van der Waals surface area contributed by atoms with E-state index in [0.717, 1.165) is 47.9 Å². The molecule has 6 heteroatoms. The fraction of sp³-hybridized carbons (Fsp3) is 0.556. The zero-order valence-electron chi connectivity index (χ0n) is 14.0. The van der Waals surface area contributed by atoms with Gasteiger partial charge in [0.25, 0.3) is 0 Å². The van der Waals surface area contributed by atoms with Crippen molar-refractivity contribution in [1.82, 2.24) is 15.5 Å². The van der Waals surface area contributed by atoms with Gasteiger partial charge in [0.2, 0.25) is 5.91 Å². The number of rotatable bonds is 5. The van der Waals surface area contributed by atoms with Crippen LogP contribution >= 0.6 is 22.6 Å². The van der Waals surface area contributed by atoms with Crippen LogP contribution in [0.4, 0.5) is 0 Å². The number of carbonyl (C=O) groups excluding carboxylic acids is 2. The minimum atomic E-state index is -0.351. The Bertz CT molecular complexity index is 611. The van der Waals surface area contributed by atoms with E-state index in [1.54, 1.807) is 0 Å². The number of likely N-dealkylation sites (N-methyl/N-ethyl adjacent to an activating group) is 1. The molecule has 0 saturated carbocycles. The Kier molecular flexibility index (Phi) is 5.56. The van der Waals surface area contributed by atoms with Gasteiger partial charge in [0.05, 0.1) is 6.17 Å². The molecule has 1 atom stereocenters. The SMILES string of the molecule is CN1C(CCCC(=O)c2ccc(I)cc2)NC(=O)C12CCNCC2. The van der Waals surface area contributed by atoms with E-state index in [2.05, 4.69) is 38.1 Å². The molecule has 2 heterocycles. The summed E-state index contributed by atoms with van der Waals surface area (Å²) < 4.78 is 1.13. The third-order valence-corrected chi connectivity index (χ3v) is 6.06. The highest BCUT2D eigenvalue weighted by molar-refractivity contribution is 14.1. The van der Waals surface area contributed by atoms with E-state index < -0.39 is 0 Å². The molecule has 1 unspecified atom stereocenters. The summed E-state index contributed by atoms with van der Waals surface area (Å²) in [6, 6.07) is 7.69. The van der Waals surface area contributed by atoms with Crippen molar-refractivity contribution < 1.29 is 9.59 Å². The summed E-state index contributed by atoms with van der Waals surface area (Å²) in [6.45, 7) is 1.77. The van der Waals surface area contributed by atoms with Crippen LogP contribution in [0.25, 0.3) is 0 Å². The van der Waals surface area contributed by atoms with Gasteiger partial charge in [-0.3, -0.25) is 14.5 Å². The van der Waals surface area contributed by atoms with Crippen molar-refractivity contribution in [3.05, 3.63) is 33.4 Å². The van der Waals surface area contributed by atoms with E-state index in [9.17, 15) is 9.59 Å². The standard InChI is InChI=1S/C18H24IN3O2/c1-22-16(21-17(24)18(22)9-11-20-12-10-18)4-2-3-15(23)13-5-7-14(19)8-6-13/h5-8,16,20H,2-4,9-12H2,1H3,(H,21,24). The minimum absolute atomic E-state index is 0.0418. The summed E-state index contributed by atoms with van der Waals surface area (Å²) in [6.07, 6.45) is 3.87. The van der Waals surface area contributed by atoms with Gasteiger partial charge in [-0.2, -0.15) is 0 Å². The Morgan fingerprint density at radius 1 is 1.29 bits per heavy atom. The van der Waals surface area contributed by atoms with Crippen LogP contribution in [0, 0.1) is 3.57 Å². The first-order valence-electron chi connectivity index (χ1n) is 8.56. The van der Waals surface area contributed by atoms with E-state index in [1.165, 1.54) is 0 Å². The average molecular weight is 441 g/mol. The number of benzene rings is 1. The van der Waals surface area contributed by atoms with Gasteiger partial charge >= 0.3 is 0 Å². The molecule has 5 nitrogen and oxygen atoms in total. The third-order valence-electron chi connectivity index (χ3n) is 5.34. The van der Waals surface area contributed by atoms with Crippen molar-refractivity contribution in [3.8, 4) is 0 Å². The van der Waals surface area contributed by atoms with Crippen LogP contribution in [0.2, 0.25) is 0 Å². The lowest BCUT2D eigenvalue weighted by Crippen LogP contribution is -2.54. The summed E-state index contributed by atoms with van der Waals surface area (Å²) in [7, 11) is 2.04. The molecular weight excluding hydrogens is 417 g/mol. The quantitative estimate of drug-likeness (QED) is 0.543. The summed E-state index contributed by atoms with van der Waals surface area (Å²) in [4.78, 5) is 26.9. The number of piperidine rings is 1. The summed E-state index contributed by atoms with van der Waals surface area (Å²) in [5, 5.41) is 6.45. The molecule has 1 aromatic carbocycles. The Balaban J connectivity index is 1.53. The molecule has 0 bridgehead atoms. The number of nitrogens with one attached hydrogen (secondary N) is 2. The van der Waals surface area contributed by atoms with Gasteiger partial charge in [-0.1, -0.05) is 12.1 Å². The number of ketones is 1. The van der Waals surface area contributed by atoms with E-state index in [4.69, 9.17) is 0 Å². The maximum absolute atomic E-state index is 12.5. The van der Waals surface area contributed by atoms with E-state index in [1.807, 2.05) is 31.3 Å². The Morgan fingerprint density at radius 3 is 2.62 bits per heavy atom. The number of carbonyl (C=O) groups is 2. The van der Waals surface area contributed by atoms with Gasteiger partial charge in [0, 0.05) is 15.6 Å². The van der Waals surface area contributed by atoms with Crippen LogP contribution in [-0.4, -0.2) is 48.4 Å². The fourth-order valence-electron chi connectivity index (χ4n) is 3.76. The minimum Gasteiger partial charge on any atom is -0.339 e. The lowest BCUT2D eigenvalue weighted by molar-refractivity contribution is -0.127. The van der Waals surface area contributed by atoms with Crippen molar-refractivity contribution in [1.29, 1.82) is 0 Å². The first-order chi connectivity index (χ1) is 11.5. The molecule has 0 aromatic heterocycles. The zero-order chi connectivity index (χ0) is 17.2. The number of amides is 1. The predicted octanol–water partition coefficient (Wildman–Crippen LogP) is 2.15. The average Bonchev–Trinajstić information content (AvgIpc) is 2.81.